The summed E-state index contributed by atoms with van der Waals surface area (Å²) in [5.41, 5.74) is 1.29. The van der Waals surface area contributed by atoms with Crippen molar-refractivity contribution in [2.24, 2.45) is 0 Å². The topological polar surface area (TPSA) is 0 Å². The first-order chi connectivity index (χ1) is 7.81. The van der Waals surface area contributed by atoms with E-state index in [-0.39, 0.29) is 0 Å². The highest BCUT2D eigenvalue weighted by molar-refractivity contribution is 8.23. The second-order valence-electron chi connectivity index (χ2n) is 3.87. The van der Waals surface area contributed by atoms with Gasteiger partial charge in [0.25, 0.3) is 0 Å². The second-order valence-corrected chi connectivity index (χ2v) is 8.21. The van der Waals surface area contributed by atoms with Crippen molar-refractivity contribution < 1.29 is 0 Å². The molecular weight excluding hydrogens is 231 g/mol. The van der Waals surface area contributed by atoms with Crippen molar-refractivity contribution in [2.45, 2.75) is 0 Å². The summed E-state index contributed by atoms with van der Waals surface area (Å²) in [7, 11) is 0. The van der Waals surface area contributed by atoms with E-state index in [2.05, 4.69) is 60.4 Å². The largest absolute Gasteiger partial charge is 0.0832 e. The second kappa shape index (κ2) is 3.69. The van der Waals surface area contributed by atoms with E-state index in [1.54, 1.807) is 0 Å². The van der Waals surface area contributed by atoms with Gasteiger partial charge >= 0.3 is 0 Å². The standard InChI is InChI=1S/C14H11PS/c16-15(13-7-2-1-3-8-13)11-10-12-6-4-5-9-14(12)15/h1-11H. The van der Waals surface area contributed by atoms with Crippen LogP contribution in [0.25, 0.3) is 6.08 Å². The minimum absolute atomic E-state index is 1.28. The average Bonchev–Trinajstić information content (AvgIpc) is 2.71. The Balaban J connectivity index is 2.24. The fourth-order valence-corrected chi connectivity index (χ4v) is 5.55. The van der Waals surface area contributed by atoms with Gasteiger partial charge in [-0.25, -0.2) is 0 Å². The smallest absolute Gasteiger partial charge is 0.0316 e. The summed E-state index contributed by atoms with van der Waals surface area (Å²) < 4.78 is 0. The van der Waals surface area contributed by atoms with Crippen LogP contribution in [0.4, 0.5) is 0 Å². The molecule has 0 saturated heterocycles. The highest BCUT2D eigenvalue weighted by Crippen LogP contribution is 2.50. The van der Waals surface area contributed by atoms with Crippen LogP contribution in [0.5, 0.6) is 0 Å². The predicted octanol–water partition coefficient (Wildman–Crippen LogP) is 3.10. The zero-order chi connectivity index (χ0) is 11.0. The minimum Gasteiger partial charge on any atom is -0.0832 e. The fraction of sp³-hybridized carbons (Fsp3) is 0. The van der Waals surface area contributed by atoms with Crippen LogP contribution >= 0.6 is 6.04 Å². The third kappa shape index (κ3) is 1.40. The zero-order valence-electron chi connectivity index (χ0n) is 8.71. The molecule has 78 valence electrons. The molecule has 1 atom stereocenters. The van der Waals surface area contributed by atoms with Crippen LogP contribution < -0.4 is 10.6 Å². The molecule has 1 aliphatic rings. The van der Waals surface area contributed by atoms with Crippen molar-refractivity contribution >= 4 is 34.5 Å². The summed E-state index contributed by atoms with van der Waals surface area (Å²) >= 11 is 5.91. The first kappa shape index (κ1) is 10.0. The Labute approximate surface area is 101 Å². The van der Waals surface area contributed by atoms with E-state index in [0.717, 1.165) is 0 Å². The molecular formula is C14H11PS. The van der Waals surface area contributed by atoms with Crippen molar-refractivity contribution in [1.29, 1.82) is 0 Å². The molecule has 0 radical (unpaired) electrons. The maximum absolute atomic E-state index is 5.91. The SMILES string of the molecule is S=P1(c2ccccc2)C=Cc2ccccc21. The highest BCUT2D eigenvalue weighted by Gasteiger charge is 2.25. The van der Waals surface area contributed by atoms with Gasteiger partial charge in [0.15, 0.2) is 0 Å². The van der Waals surface area contributed by atoms with Crippen LogP contribution in [-0.4, -0.2) is 0 Å². The lowest BCUT2D eigenvalue weighted by atomic mass is 10.2. The molecule has 2 aromatic carbocycles. The molecule has 0 aromatic heterocycles. The van der Waals surface area contributed by atoms with Crippen molar-refractivity contribution in [2.75, 3.05) is 0 Å². The number of hydrogen-bond acceptors (Lipinski definition) is 1. The number of rotatable bonds is 1. The summed E-state index contributed by atoms with van der Waals surface area (Å²) in [4.78, 5) is 0. The predicted molar refractivity (Wildman–Crippen MR) is 75.5 cm³/mol. The van der Waals surface area contributed by atoms with E-state index in [9.17, 15) is 0 Å². The number of fused-ring (bicyclic) bond motifs is 1. The van der Waals surface area contributed by atoms with Crippen LogP contribution in [-0.2, 0) is 11.8 Å². The van der Waals surface area contributed by atoms with E-state index in [1.807, 2.05) is 6.07 Å². The van der Waals surface area contributed by atoms with Gasteiger partial charge in [0, 0.05) is 11.3 Å². The molecule has 0 spiro atoms. The molecule has 2 aromatic rings. The first-order valence-electron chi connectivity index (χ1n) is 5.25. The molecule has 0 aliphatic carbocycles. The van der Waals surface area contributed by atoms with E-state index < -0.39 is 6.04 Å². The zero-order valence-corrected chi connectivity index (χ0v) is 10.4. The van der Waals surface area contributed by atoms with Crippen molar-refractivity contribution in [3.8, 4) is 0 Å². The lowest BCUT2D eigenvalue weighted by Gasteiger charge is -2.16. The quantitative estimate of drug-likeness (QED) is 0.692. The lowest BCUT2D eigenvalue weighted by Crippen LogP contribution is -2.12. The Bertz CT molecular complexity index is 599. The summed E-state index contributed by atoms with van der Waals surface area (Å²) in [6, 6.07) is 17.3. The summed E-state index contributed by atoms with van der Waals surface area (Å²) in [6.45, 7) is 0. The van der Waals surface area contributed by atoms with Crippen molar-refractivity contribution in [3.05, 3.63) is 66.0 Å². The summed E-state index contributed by atoms with van der Waals surface area (Å²) in [6.07, 6.45) is 2.17. The molecule has 3 rings (SSSR count). The fourth-order valence-electron chi connectivity index (χ4n) is 2.07. The molecule has 0 nitrogen and oxygen atoms in total. The molecule has 0 amide bonds. The van der Waals surface area contributed by atoms with Crippen LogP contribution in [0.3, 0.4) is 0 Å². The molecule has 1 unspecified atom stereocenters. The summed E-state index contributed by atoms with van der Waals surface area (Å²) in [5, 5.41) is 2.61. The van der Waals surface area contributed by atoms with E-state index in [4.69, 9.17) is 11.8 Å². The highest BCUT2D eigenvalue weighted by atomic mass is 32.4. The van der Waals surface area contributed by atoms with Gasteiger partial charge in [-0.15, -0.1) is 0 Å². The third-order valence-corrected chi connectivity index (χ3v) is 7.24. The van der Waals surface area contributed by atoms with Gasteiger partial charge in [-0.3, -0.25) is 0 Å². The monoisotopic (exact) mass is 242 g/mol. The maximum atomic E-state index is 5.91. The van der Waals surface area contributed by atoms with Gasteiger partial charge in [-0.2, -0.15) is 0 Å². The molecule has 1 heterocycles. The maximum Gasteiger partial charge on any atom is 0.0316 e. The molecule has 1 aliphatic heterocycles. The Morgan fingerprint density at radius 2 is 1.50 bits per heavy atom. The lowest BCUT2D eigenvalue weighted by molar-refractivity contribution is 1.73. The van der Waals surface area contributed by atoms with Gasteiger partial charge < -0.3 is 0 Å². The van der Waals surface area contributed by atoms with Crippen molar-refractivity contribution in [3.63, 3.8) is 0 Å². The third-order valence-electron chi connectivity index (χ3n) is 2.90. The van der Waals surface area contributed by atoms with E-state index in [1.165, 1.54) is 16.2 Å². The van der Waals surface area contributed by atoms with Gasteiger partial charge in [0.1, 0.15) is 0 Å². The van der Waals surface area contributed by atoms with Crippen molar-refractivity contribution in [1.82, 2.24) is 0 Å². The molecule has 2 heteroatoms. The van der Waals surface area contributed by atoms with Crippen LogP contribution in [0, 0.1) is 0 Å². The summed E-state index contributed by atoms with van der Waals surface area (Å²) in [5.74, 6) is 2.22. The Morgan fingerprint density at radius 1 is 0.812 bits per heavy atom. The number of benzene rings is 2. The average molecular weight is 242 g/mol. The van der Waals surface area contributed by atoms with Crippen LogP contribution in [0.15, 0.2) is 60.4 Å². The Morgan fingerprint density at radius 3 is 2.31 bits per heavy atom. The molecule has 0 fully saturated rings. The molecule has 16 heavy (non-hydrogen) atoms. The van der Waals surface area contributed by atoms with Gasteiger partial charge in [-0.1, -0.05) is 72.5 Å². The van der Waals surface area contributed by atoms with E-state index >= 15 is 0 Å². The Kier molecular flexibility index (Phi) is 2.31. The number of hydrogen-bond donors (Lipinski definition) is 0. The van der Waals surface area contributed by atoms with Gasteiger partial charge in [-0.05, 0) is 16.7 Å². The normalized spacial score (nSPS) is 22.0. The van der Waals surface area contributed by atoms with Gasteiger partial charge in [0.2, 0.25) is 0 Å². The van der Waals surface area contributed by atoms with Crippen LogP contribution in [0.2, 0.25) is 0 Å². The molecule has 0 saturated carbocycles. The molecule has 0 bridgehead atoms. The van der Waals surface area contributed by atoms with E-state index in [0.29, 0.717) is 0 Å². The van der Waals surface area contributed by atoms with Gasteiger partial charge in [0.05, 0.1) is 0 Å². The molecule has 0 N–H and O–H groups in total. The minimum atomic E-state index is -1.66. The Hall–Kier alpha value is -1.17. The van der Waals surface area contributed by atoms with Crippen LogP contribution in [0.1, 0.15) is 5.56 Å². The first-order valence-corrected chi connectivity index (χ1v) is 8.12.